The van der Waals surface area contributed by atoms with Crippen LogP contribution in [0, 0.1) is 0 Å². The normalized spacial score (nSPS) is 16.4. The molecule has 1 aromatic heterocycles. The third-order valence-corrected chi connectivity index (χ3v) is 3.73. The molecule has 21 heavy (non-hydrogen) atoms. The van der Waals surface area contributed by atoms with Gasteiger partial charge in [0.05, 0.1) is 7.11 Å². The molecule has 0 bridgehead atoms. The van der Waals surface area contributed by atoms with Crippen LogP contribution in [-0.4, -0.2) is 24.7 Å². The first kappa shape index (κ1) is 14.2. The van der Waals surface area contributed by atoms with Gasteiger partial charge in [-0.3, -0.25) is 0 Å². The van der Waals surface area contributed by atoms with Gasteiger partial charge in [-0.1, -0.05) is 17.7 Å². The van der Waals surface area contributed by atoms with Gasteiger partial charge in [-0.05, 0) is 29.8 Å². The Kier molecular flexibility index (Phi) is 4.27. The summed E-state index contributed by atoms with van der Waals surface area (Å²) in [7, 11) is 1.63. The van der Waals surface area contributed by atoms with Crippen molar-refractivity contribution in [2.75, 3.05) is 13.7 Å². The number of methoxy groups -OCH3 is 1. The van der Waals surface area contributed by atoms with E-state index in [2.05, 4.69) is 10.3 Å². The number of benzene rings is 1. The van der Waals surface area contributed by atoms with E-state index in [-0.39, 0.29) is 6.10 Å². The van der Waals surface area contributed by atoms with Crippen molar-refractivity contribution in [3.05, 3.63) is 52.7 Å². The average Bonchev–Trinajstić information content (AvgIpc) is 2.89. The van der Waals surface area contributed by atoms with Gasteiger partial charge in [-0.25, -0.2) is 4.98 Å². The van der Waals surface area contributed by atoms with Crippen LogP contribution in [0.4, 0.5) is 0 Å². The van der Waals surface area contributed by atoms with Crippen molar-refractivity contribution in [1.29, 1.82) is 0 Å². The molecule has 2 heterocycles. The van der Waals surface area contributed by atoms with Crippen molar-refractivity contribution in [2.45, 2.75) is 19.1 Å². The number of rotatable bonds is 5. The Morgan fingerprint density at radius 3 is 3.19 bits per heavy atom. The van der Waals surface area contributed by atoms with Gasteiger partial charge < -0.3 is 14.8 Å². The second kappa shape index (κ2) is 6.33. The molecule has 1 unspecified atom stereocenters. The largest absolute Gasteiger partial charge is 0.488 e. The first-order chi connectivity index (χ1) is 10.3. The zero-order valence-corrected chi connectivity index (χ0v) is 12.6. The van der Waals surface area contributed by atoms with E-state index in [0.29, 0.717) is 12.4 Å². The molecule has 1 aliphatic rings. The number of hydrogen-bond donors (Lipinski definition) is 1. The lowest BCUT2D eigenvalue weighted by molar-refractivity contribution is 0.227. The summed E-state index contributed by atoms with van der Waals surface area (Å²) in [5, 5.41) is 4.15. The lowest BCUT2D eigenvalue weighted by atomic mass is 10.1. The molecule has 0 aliphatic carbocycles. The van der Waals surface area contributed by atoms with E-state index in [1.54, 1.807) is 13.3 Å². The van der Waals surface area contributed by atoms with E-state index in [0.717, 1.165) is 29.3 Å². The molecule has 0 spiro atoms. The fourth-order valence-electron chi connectivity index (χ4n) is 2.51. The number of halogens is 1. The minimum atomic E-state index is 0.140. The first-order valence-corrected chi connectivity index (χ1v) is 7.28. The monoisotopic (exact) mass is 304 g/mol. The molecule has 0 radical (unpaired) electrons. The fourth-order valence-corrected chi connectivity index (χ4v) is 2.71. The Morgan fingerprint density at radius 1 is 1.43 bits per heavy atom. The number of ether oxygens (including phenoxy) is 2. The zero-order chi connectivity index (χ0) is 14.7. The van der Waals surface area contributed by atoms with Gasteiger partial charge in [0.1, 0.15) is 11.9 Å². The van der Waals surface area contributed by atoms with E-state index in [1.807, 2.05) is 30.3 Å². The summed E-state index contributed by atoms with van der Waals surface area (Å²) in [4.78, 5) is 4.18. The van der Waals surface area contributed by atoms with Gasteiger partial charge in [0.25, 0.3) is 0 Å². The highest BCUT2D eigenvalue weighted by molar-refractivity contribution is 6.30. The highest BCUT2D eigenvalue weighted by Crippen LogP contribution is 2.30. The number of hydrogen-bond acceptors (Lipinski definition) is 4. The molecule has 4 nitrogen and oxygen atoms in total. The third-order valence-electron chi connectivity index (χ3n) is 3.49. The van der Waals surface area contributed by atoms with Crippen molar-refractivity contribution in [1.82, 2.24) is 10.3 Å². The molecule has 5 heteroatoms. The summed E-state index contributed by atoms with van der Waals surface area (Å²) in [6.45, 7) is 1.47. The second-order valence-electron chi connectivity index (χ2n) is 5.00. The molecule has 2 aromatic rings. The summed E-state index contributed by atoms with van der Waals surface area (Å²) in [5.74, 6) is 1.59. The molecule has 1 N–H and O–H groups in total. The first-order valence-electron chi connectivity index (χ1n) is 6.90. The molecule has 0 fully saturated rings. The standard InChI is InChI=1S/C16H17ClN2O2/c1-20-16-11(3-2-6-19-16)9-18-10-14-8-12-7-13(17)4-5-15(12)21-14/h2-7,14,18H,8-10H2,1H3. The van der Waals surface area contributed by atoms with Gasteiger partial charge in [0, 0.05) is 36.3 Å². The number of fused-ring (bicyclic) bond motifs is 1. The molecular formula is C16H17ClN2O2. The molecule has 1 atom stereocenters. The van der Waals surface area contributed by atoms with Crippen LogP contribution in [0.5, 0.6) is 11.6 Å². The third kappa shape index (κ3) is 3.28. The molecule has 1 aliphatic heterocycles. The van der Waals surface area contributed by atoms with E-state index in [9.17, 15) is 0 Å². The summed E-state index contributed by atoms with van der Waals surface area (Å²) in [6, 6.07) is 9.67. The molecule has 1 aromatic carbocycles. The van der Waals surface area contributed by atoms with Crippen molar-refractivity contribution < 1.29 is 9.47 Å². The second-order valence-corrected chi connectivity index (χ2v) is 5.44. The Hall–Kier alpha value is -1.78. The molecular weight excluding hydrogens is 288 g/mol. The lowest BCUT2D eigenvalue weighted by Crippen LogP contribution is -2.29. The Bertz CT molecular complexity index is 633. The SMILES string of the molecule is COc1ncccc1CNCC1Cc2cc(Cl)ccc2O1. The maximum atomic E-state index is 6.00. The van der Waals surface area contributed by atoms with Crippen molar-refractivity contribution in [3.8, 4) is 11.6 Å². The van der Waals surface area contributed by atoms with E-state index in [4.69, 9.17) is 21.1 Å². The number of nitrogens with one attached hydrogen (secondary N) is 1. The van der Waals surface area contributed by atoms with E-state index < -0.39 is 0 Å². The number of aromatic nitrogens is 1. The Balaban J connectivity index is 1.53. The topological polar surface area (TPSA) is 43.4 Å². The smallest absolute Gasteiger partial charge is 0.217 e. The predicted octanol–water partition coefficient (Wildman–Crippen LogP) is 2.84. The van der Waals surface area contributed by atoms with Crippen LogP contribution in [0.2, 0.25) is 5.02 Å². The van der Waals surface area contributed by atoms with Crippen molar-refractivity contribution >= 4 is 11.6 Å². The van der Waals surface area contributed by atoms with Crippen molar-refractivity contribution in [2.24, 2.45) is 0 Å². The molecule has 0 saturated carbocycles. The van der Waals surface area contributed by atoms with Crippen LogP contribution in [0.15, 0.2) is 36.5 Å². The number of pyridine rings is 1. The van der Waals surface area contributed by atoms with Gasteiger partial charge in [-0.15, -0.1) is 0 Å². The van der Waals surface area contributed by atoms with Crippen LogP contribution in [-0.2, 0) is 13.0 Å². The molecule has 0 saturated heterocycles. The van der Waals surface area contributed by atoms with Gasteiger partial charge in [-0.2, -0.15) is 0 Å². The van der Waals surface area contributed by atoms with E-state index in [1.165, 1.54) is 5.56 Å². The summed E-state index contributed by atoms with van der Waals surface area (Å²) < 4.78 is 11.1. The zero-order valence-electron chi connectivity index (χ0n) is 11.8. The maximum Gasteiger partial charge on any atom is 0.217 e. The van der Waals surface area contributed by atoms with Gasteiger partial charge in [0.15, 0.2) is 0 Å². The molecule has 110 valence electrons. The quantitative estimate of drug-likeness (QED) is 0.922. The van der Waals surface area contributed by atoms with Crippen LogP contribution in [0.1, 0.15) is 11.1 Å². The van der Waals surface area contributed by atoms with Gasteiger partial charge >= 0.3 is 0 Å². The summed E-state index contributed by atoms with van der Waals surface area (Å²) in [5.41, 5.74) is 2.21. The van der Waals surface area contributed by atoms with Crippen LogP contribution < -0.4 is 14.8 Å². The summed E-state index contributed by atoms with van der Waals surface area (Å²) >= 11 is 6.00. The van der Waals surface area contributed by atoms with E-state index >= 15 is 0 Å². The highest BCUT2D eigenvalue weighted by atomic mass is 35.5. The van der Waals surface area contributed by atoms with Gasteiger partial charge in [0.2, 0.25) is 5.88 Å². The molecule has 3 rings (SSSR count). The average molecular weight is 305 g/mol. The highest BCUT2D eigenvalue weighted by Gasteiger charge is 2.22. The van der Waals surface area contributed by atoms with Crippen LogP contribution in [0.3, 0.4) is 0 Å². The maximum absolute atomic E-state index is 6.00. The summed E-state index contributed by atoms with van der Waals surface area (Å²) in [6.07, 6.45) is 2.75. The predicted molar refractivity (Wildman–Crippen MR) is 82.1 cm³/mol. The minimum absolute atomic E-state index is 0.140. The minimum Gasteiger partial charge on any atom is -0.488 e. The fraction of sp³-hybridized carbons (Fsp3) is 0.312. The Labute approximate surface area is 129 Å². The van der Waals surface area contributed by atoms with Crippen LogP contribution in [0.25, 0.3) is 0 Å². The Morgan fingerprint density at radius 2 is 2.33 bits per heavy atom. The lowest BCUT2D eigenvalue weighted by Gasteiger charge is -2.13. The van der Waals surface area contributed by atoms with Crippen molar-refractivity contribution in [3.63, 3.8) is 0 Å². The van der Waals surface area contributed by atoms with Crippen LogP contribution >= 0.6 is 11.6 Å². The number of nitrogens with zero attached hydrogens (tertiary/aromatic N) is 1. The molecule has 0 amide bonds.